The Morgan fingerprint density at radius 3 is 2.55 bits per heavy atom. The zero-order valence-corrected chi connectivity index (χ0v) is 12.3. The molecule has 112 valence electrons. The number of hydrogen-bond acceptors (Lipinski definition) is 3. The zero-order valence-electron chi connectivity index (χ0n) is 11.5. The minimum absolute atomic E-state index is 0. The van der Waals surface area contributed by atoms with Crippen LogP contribution in [0, 0.1) is 0 Å². The molecule has 0 aliphatic heterocycles. The van der Waals surface area contributed by atoms with Crippen LogP contribution in [0.15, 0.2) is 30.3 Å². The summed E-state index contributed by atoms with van der Waals surface area (Å²) >= 11 is 0. The summed E-state index contributed by atoms with van der Waals surface area (Å²) in [4.78, 5) is 12.3. The number of rotatable bonds is 4. The molecular weight excluding hydrogens is 276 g/mol. The van der Waals surface area contributed by atoms with Gasteiger partial charge in [-0.25, -0.2) is 0 Å². The second-order valence-corrected chi connectivity index (χ2v) is 5.17. The fraction of sp³-hybridized carbons (Fsp3) is 0.533. The van der Waals surface area contributed by atoms with E-state index in [1.807, 2.05) is 30.3 Å². The predicted octanol–water partition coefficient (Wildman–Crippen LogP) is 1.57. The van der Waals surface area contributed by atoms with Gasteiger partial charge in [0, 0.05) is 6.54 Å². The largest absolute Gasteiger partial charge is 0.391 e. The van der Waals surface area contributed by atoms with Crippen molar-refractivity contribution in [3.63, 3.8) is 0 Å². The van der Waals surface area contributed by atoms with Crippen molar-refractivity contribution < 1.29 is 9.90 Å². The quantitative estimate of drug-likeness (QED) is 0.790. The predicted molar refractivity (Wildman–Crippen MR) is 81.9 cm³/mol. The zero-order chi connectivity index (χ0) is 13.7. The van der Waals surface area contributed by atoms with E-state index in [2.05, 4.69) is 5.32 Å². The third-order valence-corrected chi connectivity index (χ3v) is 3.81. The summed E-state index contributed by atoms with van der Waals surface area (Å²) in [7, 11) is 0. The van der Waals surface area contributed by atoms with E-state index in [0.29, 0.717) is 0 Å². The molecule has 0 spiro atoms. The normalized spacial score (nSPS) is 23.5. The highest BCUT2D eigenvalue weighted by Crippen LogP contribution is 2.20. The topological polar surface area (TPSA) is 75.4 Å². The molecule has 4 nitrogen and oxygen atoms in total. The molecule has 20 heavy (non-hydrogen) atoms. The smallest absolute Gasteiger partial charge is 0.229 e. The molecule has 1 aliphatic rings. The third-order valence-electron chi connectivity index (χ3n) is 3.81. The van der Waals surface area contributed by atoms with E-state index >= 15 is 0 Å². The first kappa shape index (κ1) is 17.0. The lowest BCUT2D eigenvalue weighted by molar-refractivity contribution is -0.124. The summed E-state index contributed by atoms with van der Waals surface area (Å²) in [6, 6.07) is 9.42. The van der Waals surface area contributed by atoms with Crippen LogP contribution in [0.5, 0.6) is 0 Å². The lowest BCUT2D eigenvalue weighted by atomic mass is 9.91. The molecule has 0 saturated heterocycles. The molecule has 1 fully saturated rings. The maximum absolute atomic E-state index is 12.3. The van der Waals surface area contributed by atoms with Crippen molar-refractivity contribution in [2.75, 3.05) is 6.54 Å². The van der Waals surface area contributed by atoms with Crippen LogP contribution < -0.4 is 11.1 Å². The van der Waals surface area contributed by atoms with Gasteiger partial charge in [0.25, 0.3) is 0 Å². The van der Waals surface area contributed by atoms with E-state index in [-0.39, 0.29) is 36.8 Å². The first-order valence-electron chi connectivity index (χ1n) is 6.96. The van der Waals surface area contributed by atoms with Gasteiger partial charge in [-0.05, 0) is 18.4 Å². The maximum atomic E-state index is 12.3. The lowest BCUT2D eigenvalue weighted by Gasteiger charge is -2.29. The molecule has 1 amide bonds. The molecule has 2 rings (SSSR count). The Kier molecular flexibility index (Phi) is 6.99. The molecule has 1 saturated carbocycles. The van der Waals surface area contributed by atoms with Crippen molar-refractivity contribution in [3.8, 4) is 0 Å². The summed E-state index contributed by atoms with van der Waals surface area (Å²) < 4.78 is 0. The summed E-state index contributed by atoms with van der Waals surface area (Å²) in [5.74, 6) is -0.421. The Balaban J connectivity index is 0.00000200. The van der Waals surface area contributed by atoms with Crippen molar-refractivity contribution in [2.24, 2.45) is 5.73 Å². The first-order chi connectivity index (χ1) is 9.22. The van der Waals surface area contributed by atoms with Crippen LogP contribution in [0.1, 0.15) is 37.2 Å². The van der Waals surface area contributed by atoms with Gasteiger partial charge in [-0.1, -0.05) is 43.2 Å². The minimum atomic E-state index is -0.424. The highest BCUT2D eigenvalue weighted by Gasteiger charge is 2.27. The molecule has 1 aromatic carbocycles. The number of amides is 1. The van der Waals surface area contributed by atoms with Gasteiger partial charge in [0.1, 0.15) is 0 Å². The molecule has 3 atom stereocenters. The molecule has 1 aliphatic carbocycles. The van der Waals surface area contributed by atoms with E-state index in [0.717, 1.165) is 31.2 Å². The van der Waals surface area contributed by atoms with Crippen molar-refractivity contribution >= 4 is 18.3 Å². The van der Waals surface area contributed by atoms with Gasteiger partial charge in [-0.15, -0.1) is 12.4 Å². The second kappa shape index (κ2) is 8.25. The van der Waals surface area contributed by atoms with E-state index < -0.39 is 6.10 Å². The fourth-order valence-electron chi connectivity index (χ4n) is 2.64. The molecule has 0 aromatic heterocycles. The average Bonchev–Trinajstić information content (AvgIpc) is 2.43. The van der Waals surface area contributed by atoms with Crippen molar-refractivity contribution in [1.29, 1.82) is 0 Å². The highest BCUT2D eigenvalue weighted by molar-refractivity contribution is 5.85. The Bertz CT molecular complexity index is 414. The Labute approximate surface area is 126 Å². The maximum Gasteiger partial charge on any atom is 0.229 e. The highest BCUT2D eigenvalue weighted by atomic mass is 35.5. The summed E-state index contributed by atoms with van der Waals surface area (Å²) in [6.07, 6.45) is 3.28. The van der Waals surface area contributed by atoms with Crippen molar-refractivity contribution in [3.05, 3.63) is 35.9 Å². The van der Waals surface area contributed by atoms with Gasteiger partial charge < -0.3 is 16.2 Å². The fourth-order valence-corrected chi connectivity index (χ4v) is 2.64. The van der Waals surface area contributed by atoms with Crippen LogP contribution in [0.4, 0.5) is 0 Å². The van der Waals surface area contributed by atoms with Crippen LogP contribution >= 0.6 is 12.4 Å². The lowest BCUT2D eigenvalue weighted by Crippen LogP contribution is -2.47. The summed E-state index contributed by atoms with van der Waals surface area (Å²) in [6.45, 7) is 0.276. The molecule has 1 unspecified atom stereocenters. The molecular formula is C15H23ClN2O2. The first-order valence-corrected chi connectivity index (χ1v) is 6.96. The number of carbonyl (C=O) groups is 1. The van der Waals surface area contributed by atoms with Crippen LogP contribution in [0.2, 0.25) is 0 Å². The number of nitrogens with one attached hydrogen (secondary N) is 1. The standard InChI is InChI=1S/C15H22N2O2.ClH/c16-10-12(11-6-2-1-3-7-11)15(19)17-13-8-4-5-9-14(13)18;/h1-3,6-7,12-14,18H,4-5,8-10,16H2,(H,17,19);1H/t12?,13-,14-;/m0./s1. The molecule has 4 N–H and O–H groups in total. The van der Waals surface area contributed by atoms with Gasteiger partial charge >= 0.3 is 0 Å². The van der Waals surface area contributed by atoms with Gasteiger partial charge in [0.2, 0.25) is 5.91 Å². The minimum Gasteiger partial charge on any atom is -0.391 e. The number of aliphatic hydroxyl groups excluding tert-OH is 1. The number of carbonyl (C=O) groups excluding carboxylic acids is 1. The number of nitrogens with two attached hydrogens (primary N) is 1. The van der Waals surface area contributed by atoms with Crippen molar-refractivity contribution in [2.45, 2.75) is 43.7 Å². The molecule has 0 heterocycles. The van der Waals surface area contributed by atoms with Gasteiger partial charge in [-0.3, -0.25) is 4.79 Å². The van der Waals surface area contributed by atoms with E-state index in [4.69, 9.17) is 5.73 Å². The molecule has 1 aromatic rings. The van der Waals surface area contributed by atoms with Crippen LogP contribution in [-0.2, 0) is 4.79 Å². The van der Waals surface area contributed by atoms with E-state index in [9.17, 15) is 9.90 Å². The molecule has 0 radical (unpaired) electrons. The van der Waals surface area contributed by atoms with Crippen molar-refractivity contribution in [1.82, 2.24) is 5.32 Å². The van der Waals surface area contributed by atoms with Crippen LogP contribution in [-0.4, -0.2) is 29.7 Å². The Hall–Kier alpha value is -1.10. The van der Waals surface area contributed by atoms with Gasteiger partial charge in [-0.2, -0.15) is 0 Å². The number of hydrogen-bond donors (Lipinski definition) is 3. The molecule has 0 bridgehead atoms. The number of halogens is 1. The van der Waals surface area contributed by atoms with Crippen LogP contribution in [0.3, 0.4) is 0 Å². The van der Waals surface area contributed by atoms with Gasteiger partial charge in [0.05, 0.1) is 18.1 Å². The van der Waals surface area contributed by atoms with Gasteiger partial charge in [0.15, 0.2) is 0 Å². The summed E-state index contributed by atoms with van der Waals surface area (Å²) in [5.41, 5.74) is 6.65. The Morgan fingerprint density at radius 1 is 1.30 bits per heavy atom. The molecule has 5 heteroatoms. The third kappa shape index (κ3) is 4.20. The average molecular weight is 299 g/mol. The van der Waals surface area contributed by atoms with E-state index in [1.54, 1.807) is 0 Å². The Morgan fingerprint density at radius 2 is 1.95 bits per heavy atom. The SMILES string of the molecule is Cl.NCC(C(=O)N[C@H]1CCCC[C@@H]1O)c1ccccc1. The number of benzene rings is 1. The summed E-state index contributed by atoms with van der Waals surface area (Å²) in [5, 5.41) is 12.8. The number of aliphatic hydroxyl groups is 1. The second-order valence-electron chi connectivity index (χ2n) is 5.17. The van der Waals surface area contributed by atoms with E-state index in [1.165, 1.54) is 0 Å². The monoisotopic (exact) mass is 298 g/mol. The van der Waals surface area contributed by atoms with Crippen LogP contribution in [0.25, 0.3) is 0 Å².